The number of hydrogen-bond acceptors (Lipinski definition) is 5. The Morgan fingerprint density at radius 1 is 1.07 bits per heavy atom. The number of halogens is 1. The van der Waals surface area contributed by atoms with Crippen LogP contribution in [-0.4, -0.2) is 40.9 Å². The first-order chi connectivity index (χ1) is 13.0. The Balaban J connectivity index is 1.84. The molecular weight excluding hydrogens is 345 g/mol. The van der Waals surface area contributed by atoms with Crippen LogP contribution < -0.4 is 9.64 Å². The van der Waals surface area contributed by atoms with Gasteiger partial charge in [0.25, 0.3) is 0 Å². The molecule has 1 saturated heterocycles. The van der Waals surface area contributed by atoms with E-state index in [9.17, 15) is 9.50 Å². The van der Waals surface area contributed by atoms with Crippen LogP contribution in [0.25, 0.3) is 22.2 Å². The molecule has 1 fully saturated rings. The van der Waals surface area contributed by atoms with E-state index in [1.165, 1.54) is 6.07 Å². The molecule has 1 aliphatic rings. The van der Waals surface area contributed by atoms with E-state index in [1.807, 2.05) is 13.0 Å². The smallest absolute Gasteiger partial charge is 0.147 e. The third kappa shape index (κ3) is 3.32. The number of anilines is 1. The van der Waals surface area contributed by atoms with Crippen LogP contribution in [-0.2, 0) is 0 Å². The number of aromatic nitrogens is 2. The second kappa shape index (κ2) is 6.78. The maximum Gasteiger partial charge on any atom is 0.147 e. The van der Waals surface area contributed by atoms with E-state index in [2.05, 4.69) is 9.88 Å². The first-order valence-corrected chi connectivity index (χ1v) is 9.04. The maximum atomic E-state index is 14.4. The Morgan fingerprint density at radius 3 is 2.52 bits per heavy atom. The predicted octanol–water partition coefficient (Wildman–Crippen LogP) is 3.80. The fraction of sp³-hybridized carbons (Fsp3) is 0.333. The van der Waals surface area contributed by atoms with Crippen molar-refractivity contribution < 1.29 is 14.2 Å². The van der Waals surface area contributed by atoms with Crippen molar-refractivity contribution in [2.24, 2.45) is 0 Å². The van der Waals surface area contributed by atoms with E-state index >= 15 is 0 Å². The molecule has 0 unspecified atom stereocenters. The van der Waals surface area contributed by atoms with E-state index in [0.717, 1.165) is 5.82 Å². The van der Waals surface area contributed by atoms with Gasteiger partial charge in [-0.25, -0.2) is 14.4 Å². The topological polar surface area (TPSA) is 58.5 Å². The third-order valence-electron chi connectivity index (χ3n) is 5.20. The van der Waals surface area contributed by atoms with Crippen molar-refractivity contribution in [1.82, 2.24) is 9.97 Å². The summed E-state index contributed by atoms with van der Waals surface area (Å²) in [6.45, 7) is 3.26. The van der Waals surface area contributed by atoms with E-state index in [0.29, 0.717) is 53.8 Å². The molecule has 0 aliphatic carbocycles. The summed E-state index contributed by atoms with van der Waals surface area (Å²) in [5.74, 6) is 1.03. The second-order valence-electron chi connectivity index (χ2n) is 7.20. The lowest BCUT2D eigenvalue weighted by Gasteiger charge is -2.36. The zero-order chi connectivity index (χ0) is 19.0. The van der Waals surface area contributed by atoms with Crippen molar-refractivity contribution >= 4 is 16.9 Å². The summed E-state index contributed by atoms with van der Waals surface area (Å²) < 4.78 is 19.8. The van der Waals surface area contributed by atoms with Crippen LogP contribution in [0.4, 0.5) is 10.2 Å². The van der Waals surface area contributed by atoms with Gasteiger partial charge in [0, 0.05) is 24.2 Å². The Labute approximate surface area is 157 Å². The van der Waals surface area contributed by atoms with Gasteiger partial charge in [-0.1, -0.05) is 18.2 Å². The fourth-order valence-electron chi connectivity index (χ4n) is 3.50. The molecule has 2 heterocycles. The highest BCUT2D eigenvalue weighted by Crippen LogP contribution is 2.35. The molecule has 1 aliphatic heterocycles. The van der Waals surface area contributed by atoms with Crippen LogP contribution in [0.2, 0.25) is 0 Å². The number of hydrogen-bond donors (Lipinski definition) is 1. The number of aliphatic hydroxyl groups is 1. The van der Waals surface area contributed by atoms with Crippen molar-refractivity contribution in [2.45, 2.75) is 25.4 Å². The van der Waals surface area contributed by atoms with Gasteiger partial charge in [-0.3, -0.25) is 0 Å². The van der Waals surface area contributed by atoms with Crippen LogP contribution in [0.1, 0.15) is 19.8 Å². The SMILES string of the molecule is COc1ccc(-c2ccccc2F)c2nc(N3CCC(C)(O)CC3)cnc12. The number of methoxy groups -OCH3 is 1. The van der Waals surface area contributed by atoms with Gasteiger partial charge in [-0.2, -0.15) is 0 Å². The minimum Gasteiger partial charge on any atom is -0.494 e. The Kier molecular flexibility index (Phi) is 4.44. The standard InChI is InChI=1S/C21H22FN3O2/c1-21(26)9-11-25(12-10-21)18-13-23-20-17(27-2)8-7-15(19(20)24-18)14-5-3-4-6-16(14)22/h3-8,13,26H,9-12H2,1-2H3. The minimum atomic E-state index is -0.637. The van der Waals surface area contributed by atoms with Gasteiger partial charge in [0.1, 0.15) is 28.4 Å². The number of piperidine rings is 1. The van der Waals surface area contributed by atoms with Crippen molar-refractivity contribution in [3.63, 3.8) is 0 Å². The Bertz CT molecular complexity index is 980. The molecule has 0 radical (unpaired) electrons. The van der Waals surface area contributed by atoms with Crippen LogP contribution in [0.3, 0.4) is 0 Å². The van der Waals surface area contributed by atoms with E-state index in [-0.39, 0.29) is 5.82 Å². The normalized spacial score (nSPS) is 16.5. The molecule has 0 atom stereocenters. The molecule has 0 spiro atoms. The van der Waals surface area contributed by atoms with Gasteiger partial charge in [0.05, 0.1) is 18.9 Å². The van der Waals surface area contributed by atoms with Gasteiger partial charge in [0.15, 0.2) is 0 Å². The summed E-state index contributed by atoms with van der Waals surface area (Å²) in [6, 6.07) is 10.3. The van der Waals surface area contributed by atoms with E-state index in [1.54, 1.807) is 37.6 Å². The molecular formula is C21H22FN3O2. The number of fused-ring (bicyclic) bond motifs is 1. The summed E-state index contributed by atoms with van der Waals surface area (Å²) in [4.78, 5) is 11.5. The highest BCUT2D eigenvalue weighted by atomic mass is 19.1. The molecule has 0 bridgehead atoms. The molecule has 27 heavy (non-hydrogen) atoms. The largest absolute Gasteiger partial charge is 0.494 e. The predicted molar refractivity (Wildman–Crippen MR) is 104 cm³/mol. The molecule has 0 saturated carbocycles. The highest BCUT2D eigenvalue weighted by Gasteiger charge is 2.28. The van der Waals surface area contributed by atoms with Gasteiger partial charge >= 0.3 is 0 Å². The molecule has 1 N–H and O–H groups in total. The first-order valence-electron chi connectivity index (χ1n) is 9.04. The fourth-order valence-corrected chi connectivity index (χ4v) is 3.50. The average molecular weight is 367 g/mol. The monoisotopic (exact) mass is 367 g/mol. The van der Waals surface area contributed by atoms with E-state index < -0.39 is 5.60 Å². The van der Waals surface area contributed by atoms with Crippen LogP contribution >= 0.6 is 0 Å². The second-order valence-corrected chi connectivity index (χ2v) is 7.20. The minimum absolute atomic E-state index is 0.301. The number of nitrogens with zero attached hydrogens (tertiary/aromatic N) is 3. The summed E-state index contributed by atoms with van der Waals surface area (Å²) in [5, 5.41) is 10.2. The van der Waals surface area contributed by atoms with E-state index in [4.69, 9.17) is 9.72 Å². The lowest BCUT2D eigenvalue weighted by Crippen LogP contribution is -2.42. The van der Waals surface area contributed by atoms with Crippen molar-refractivity contribution in [2.75, 3.05) is 25.1 Å². The van der Waals surface area contributed by atoms with Crippen molar-refractivity contribution in [1.29, 1.82) is 0 Å². The zero-order valence-electron chi connectivity index (χ0n) is 15.4. The van der Waals surface area contributed by atoms with Crippen molar-refractivity contribution in [3.8, 4) is 16.9 Å². The van der Waals surface area contributed by atoms with Gasteiger partial charge in [0.2, 0.25) is 0 Å². The first kappa shape index (κ1) is 17.7. The lowest BCUT2D eigenvalue weighted by molar-refractivity contribution is 0.0350. The zero-order valence-corrected chi connectivity index (χ0v) is 15.4. The highest BCUT2D eigenvalue weighted by molar-refractivity contribution is 5.95. The quantitative estimate of drug-likeness (QED) is 0.763. The summed E-state index contributed by atoms with van der Waals surface area (Å²) in [7, 11) is 1.58. The van der Waals surface area contributed by atoms with Gasteiger partial charge < -0.3 is 14.7 Å². The Hall–Kier alpha value is -2.73. The van der Waals surface area contributed by atoms with Gasteiger partial charge in [-0.15, -0.1) is 0 Å². The average Bonchev–Trinajstić information content (AvgIpc) is 2.67. The Morgan fingerprint density at radius 2 is 1.81 bits per heavy atom. The van der Waals surface area contributed by atoms with Crippen molar-refractivity contribution in [3.05, 3.63) is 48.4 Å². The molecule has 140 valence electrons. The van der Waals surface area contributed by atoms with Crippen LogP contribution in [0, 0.1) is 5.82 Å². The molecule has 5 nitrogen and oxygen atoms in total. The number of ether oxygens (including phenoxy) is 1. The molecule has 1 aromatic heterocycles. The van der Waals surface area contributed by atoms with Gasteiger partial charge in [-0.05, 0) is 38.0 Å². The lowest BCUT2D eigenvalue weighted by atomic mass is 9.94. The summed E-state index contributed by atoms with van der Waals surface area (Å²) in [5.41, 5.74) is 1.74. The molecule has 0 amide bonds. The molecule has 3 aromatic rings. The number of benzene rings is 2. The third-order valence-corrected chi connectivity index (χ3v) is 5.20. The van der Waals surface area contributed by atoms with Crippen LogP contribution in [0.15, 0.2) is 42.6 Å². The maximum absolute atomic E-state index is 14.4. The summed E-state index contributed by atoms with van der Waals surface area (Å²) in [6.07, 6.45) is 3.06. The molecule has 2 aromatic carbocycles. The summed E-state index contributed by atoms with van der Waals surface area (Å²) >= 11 is 0. The molecule has 6 heteroatoms. The molecule has 4 rings (SSSR count). The van der Waals surface area contributed by atoms with Crippen LogP contribution in [0.5, 0.6) is 5.75 Å². The number of rotatable bonds is 3.